The molecule has 1 aromatic carbocycles. The molecule has 0 aromatic heterocycles. The number of aliphatic carboxylic acids is 1. The van der Waals surface area contributed by atoms with Crippen LogP contribution in [0.5, 0.6) is 0 Å². The highest BCUT2D eigenvalue weighted by Gasteiger charge is 2.19. The number of benzene rings is 1. The standard InChI is InChI=1S/C12H14INO4/c1-18-7-6-14(8-11(15)16)12(17)9-4-2-3-5-10(9)13/h2-5H,6-8H2,1H3,(H,15,16). The summed E-state index contributed by atoms with van der Waals surface area (Å²) in [6.45, 7) is 0.238. The molecule has 0 radical (unpaired) electrons. The van der Waals surface area contributed by atoms with Gasteiger partial charge in [0.25, 0.3) is 5.91 Å². The molecule has 0 heterocycles. The Kier molecular flexibility index (Phi) is 6.06. The Morgan fingerprint density at radius 3 is 2.61 bits per heavy atom. The molecule has 5 nitrogen and oxygen atoms in total. The molecule has 98 valence electrons. The molecular formula is C12H14INO4. The zero-order valence-electron chi connectivity index (χ0n) is 9.93. The van der Waals surface area contributed by atoms with Crippen molar-refractivity contribution >= 4 is 34.5 Å². The van der Waals surface area contributed by atoms with Crippen LogP contribution in [0.4, 0.5) is 0 Å². The van der Waals surface area contributed by atoms with E-state index in [0.29, 0.717) is 12.2 Å². The number of methoxy groups -OCH3 is 1. The van der Waals surface area contributed by atoms with Crippen molar-refractivity contribution in [1.29, 1.82) is 0 Å². The first-order valence-corrected chi connectivity index (χ1v) is 6.38. The maximum Gasteiger partial charge on any atom is 0.323 e. The molecule has 0 bridgehead atoms. The molecule has 1 rings (SSSR count). The first-order chi connectivity index (χ1) is 8.56. The normalized spacial score (nSPS) is 10.1. The molecule has 1 aromatic rings. The van der Waals surface area contributed by atoms with E-state index in [4.69, 9.17) is 9.84 Å². The summed E-state index contributed by atoms with van der Waals surface area (Å²) >= 11 is 2.05. The van der Waals surface area contributed by atoms with Gasteiger partial charge in [-0.2, -0.15) is 0 Å². The Hall–Kier alpha value is -1.15. The lowest BCUT2D eigenvalue weighted by atomic mass is 10.2. The second-order valence-electron chi connectivity index (χ2n) is 3.59. The highest BCUT2D eigenvalue weighted by molar-refractivity contribution is 14.1. The van der Waals surface area contributed by atoms with Crippen molar-refractivity contribution in [2.75, 3.05) is 26.8 Å². The third-order valence-corrected chi connectivity index (χ3v) is 3.22. The number of halogens is 1. The van der Waals surface area contributed by atoms with Gasteiger partial charge in [0, 0.05) is 17.2 Å². The van der Waals surface area contributed by atoms with Crippen LogP contribution in [0, 0.1) is 3.57 Å². The van der Waals surface area contributed by atoms with Gasteiger partial charge in [0.05, 0.1) is 12.2 Å². The van der Waals surface area contributed by atoms with Gasteiger partial charge in [-0.3, -0.25) is 9.59 Å². The number of carboxylic acids is 1. The highest BCUT2D eigenvalue weighted by atomic mass is 127. The maximum atomic E-state index is 12.2. The molecule has 0 aliphatic heterocycles. The summed E-state index contributed by atoms with van der Waals surface area (Å²) in [4.78, 5) is 24.2. The number of hydrogen-bond donors (Lipinski definition) is 1. The van der Waals surface area contributed by atoms with Crippen LogP contribution in [0.25, 0.3) is 0 Å². The van der Waals surface area contributed by atoms with E-state index in [1.807, 2.05) is 12.1 Å². The summed E-state index contributed by atoms with van der Waals surface area (Å²) in [5, 5.41) is 8.81. The van der Waals surface area contributed by atoms with Crippen LogP contribution in [0.15, 0.2) is 24.3 Å². The second-order valence-corrected chi connectivity index (χ2v) is 4.76. The third kappa shape index (κ3) is 4.26. The number of amides is 1. The van der Waals surface area contributed by atoms with Crippen molar-refractivity contribution in [2.24, 2.45) is 0 Å². The molecule has 0 spiro atoms. The molecule has 0 unspecified atom stereocenters. The minimum Gasteiger partial charge on any atom is -0.480 e. The number of nitrogens with zero attached hydrogens (tertiary/aromatic N) is 1. The van der Waals surface area contributed by atoms with E-state index in [0.717, 1.165) is 3.57 Å². The molecule has 0 saturated carbocycles. The Morgan fingerprint density at radius 1 is 1.39 bits per heavy atom. The summed E-state index contributed by atoms with van der Waals surface area (Å²) in [7, 11) is 1.51. The van der Waals surface area contributed by atoms with Crippen LogP contribution >= 0.6 is 22.6 Å². The van der Waals surface area contributed by atoms with Gasteiger partial charge in [0.15, 0.2) is 0 Å². The van der Waals surface area contributed by atoms with Crippen molar-refractivity contribution in [3.63, 3.8) is 0 Å². The average Bonchev–Trinajstić information content (AvgIpc) is 2.34. The maximum absolute atomic E-state index is 12.2. The molecule has 0 atom stereocenters. The molecule has 1 N–H and O–H groups in total. The fourth-order valence-corrected chi connectivity index (χ4v) is 2.04. The van der Waals surface area contributed by atoms with Gasteiger partial charge in [0.1, 0.15) is 6.54 Å². The lowest BCUT2D eigenvalue weighted by Gasteiger charge is -2.20. The van der Waals surface area contributed by atoms with Crippen LogP contribution in [-0.2, 0) is 9.53 Å². The quantitative estimate of drug-likeness (QED) is 0.778. The van der Waals surface area contributed by atoms with Gasteiger partial charge in [-0.1, -0.05) is 12.1 Å². The summed E-state index contributed by atoms with van der Waals surface area (Å²) in [5.41, 5.74) is 0.510. The third-order valence-electron chi connectivity index (χ3n) is 2.28. The van der Waals surface area contributed by atoms with E-state index < -0.39 is 5.97 Å². The smallest absolute Gasteiger partial charge is 0.323 e. The molecule has 0 aliphatic rings. The van der Waals surface area contributed by atoms with Gasteiger partial charge >= 0.3 is 5.97 Å². The van der Waals surface area contributed by atoms with E-state index in [1.165, 1.54) is 12.0 Å². The fourth-order valence-electron chi connectivity index (χ4n) is 1.42. The topological polar surface area (TPSA) is 66.8 Å². The summed E-state index contributed by atoms with van der Waals surface area (Å²) in [6, 6.07) is 7.08. The Labute approximate surface area is 119 Å². The van der Waals surface area contributed by atoms with Crippen molar-refractivity contribution in [3.8, 4) is 0 Å². The van der Waals surface area contributed by atoms with Crippen molar-refractivity contribution in [1.82, 2.24) is 4.90 Å². The molecule has 6 heteroatoms. The molecule has 0 aliphatic carbocycles. The SMILES string of the molecule is COCCN(CC(=O)O)C(=O)c1ccccc1I. The largest absolute Gasteiger partial charge is 0.480 e. The number of hydrogen-bond acceptors (Lipinski definition) is 3. The summed E-state index contributed by atoms with van der Waals surface area (Å²) in [6.07, 6.45) is 0. The molecule has 1 amide bonds. The van der Waals surface area contributed by atoms with Gasteiger partial charge in [-0.25, -0.2) is 0 Å². The Bertz CT molecular complexity index is 436. The number of carboxylic acid groups (broad SMARTS) is 1. The van der Waals surface area contributed by atoms with Gasteiger partial charge < -0.3 is 14.7 Å². The van der Waals surface area contributed by atoms with Crippen LogP contribution in [-0.4, -0.2) is 48.7 Å². The zero-order valence-corrected chi connectivity index (χ0v) is 12.1. The number of carbonyl (C=O) groups is 2. The molecule has 18 heavy (non-hydrogen) atoms. The highest BCUT2D eigenvalue weighted by Crippen LogP contribution is 2.14. The zero-order chi connectivity index (χ0) is 13.5. The van der Waals surface area contributed by atoms with Gasteiger partial charge in [-0.15, -0.1) is 0 Å². The number of carbonyl (C=O) groups excluding carboxylic acids is 1. The molecule has 0 saturated heterocycles. The lowest BCUT2D eigenvalue weighted by Crippen LogP contribution is -2.38. The Balaban J connectivity index is 2.87. The fraction of sp³-hybridized carbons (Fsp3) is 0.333. The van der Waals surface area contributed by atoms with Crippen molar-refractivity contribution < 1.29 is 19.4 Å². The lowest BCUT2D eigenvalue weighted by molar-refractivity contribution is -0.137. The van der Waals surface area contributed by atoms with Crippen LogP contribution < -0.4 is 0 Å². The first kappa shape index (κ1) is 14.9. The van der Waals surface area contributed by atoms with Crippen LogP contribution in [0.1, 0.15) is 10.4 Å². The minimum absolute atomic E-state index is 0.257. The van der Waals surface area contributed by atoms with E-state index in [-0.39, 0.29) is 19.0 Å². The van der Waals surface area contributed by atoms with E-state index >= 15 is 0 Å². The van der Waals surface area contributed by atoms with E-state index in [2.05, 4.69) is 22.6 Å². The second kappa shape index (κ2) is 7.32. The number of rotatable bonds is 6. The van der Waals surface area contributed by atoms with Crippen molar-refractivity contribution in [3.05, 3.63) is 33.4 Å². The predicted octanol–water partition coefficient (Wildman–Crippen LogP) is 1.46. The van der Waals surface area contributed by atoms with E-state index in [1.54, 1.807) is 12.1 Å². The van der Waals surface area contributed by atoms with E-state index in [9.17, 15) is 9.59 Å². The number of ether oxygens (including phenoxy) is 1. The van der Waals surface area contributed by atoms with Gasteiger partial charge in [0.2, 0.25) is 0 Å². The first-order valence-electron chi connectivity index (χ1n) is 5.30. The van der Waals surface area contributed by atoms with Crippen LogP contribution in [0.2, 0.25) is 0 Å². The monoisotopic (exact) mass is 363 g/mol. The summed E-state index contributed by atoms with van der Waals surface area (Å²) in [5.74, 6) is -1.33. The van der Waals surface area contributed by atoms with Crippen LogP contribution in [0.3, 0.4) is 0 Å². The molecule has 0 fully saturated rings. The summed E-state index contributed by atoms with van der Waals surface area (Å²) < 4.78 is 5.68. The van der Waals surface area contributed by atoms with Gasteiger partial charge in [-0.05, 0) is 34.7 Å². The Morgan fingerprint density at radius 2 is 2.06 bits per heavy atom. The minimum atomic E-state index is -1.04. The van der Waals surface area contributed by atoms with Crippen molar-refractivity contribution in [2.45, 2.75) is 0 Å². The molecular weight excluding hydrogens is 349 g/mol. The average molecular weight is 363 g/mol. The predicted molar refractivity (Wildman–Crippen MR) is 74.6 cm³/mol.